The molecule has 1 unspecified atom stereocenters. The van der Waals surface area contributed by atoms with Gasteiger partial charge in [0.2, 0.25) is 10.0 Å². The first kappa shape index (κ1) is 14.3. The molecule has 1 aliphatic heterocycles. The van der Waals surface area contributed by atoms with Crippen molar-refractivity contribution in [2.45, 2.75) is 43.6 Å². The summed E-state index contributed by atoms with van der Waals surface area (Å²) in [4.78, 5) is 15.1. The Balaban J connectivity index is 1.93. The van der Waals surface area contributed by atoms with Crippen LogP contribution in [0.25, 0.3) is 0 Å². The number of hydrogen-bond acceptors (Lipinski definition) is 5. The normalized spacial score (nSPS) is 26.2. The van der Waals surface area contributed by atoms with Crippen LogP contribution in [-0.2, 0) is 14.8 Å². The van der Waals surface area contributed by atoms with Crippen LogP contribution < -0.4 is 5.73 Å². The Bertz CT molecular complexity index is 672. The summed E-state index contributed by atoms with van der Waals surface area (Å²) in [6.07, 6.45) is 5.26. The van der Waals surface area contributed by atoms with Crippen molar-refractivity contribution in [2.24, 2.45) is 10.7 Å². The molecule has 8 heteroatoms. The van der Waals surface area contributed by atoms with Crippen LogP contribution in [0.2, 0.25) is 0 Å². The molecule has 1 saturated carbocycles. The molecule has 3 rings (SSSR count). The van der Waals surface area contributed by atoms with Crippen LogP contribution in [0.15, 0.2) is 28.4 Å². The molecule has 0 spiro atoms. The van der Waals surface area contributed by atoms with E-state index in [1.807, 2.05) is 0 Å². The van der Waals surface area contributed by atoms with Gasteiger partial charge in [0.1, 0.15) is 0 Å². The second-order valence-electron chi connectivity index (χ2n) is 5.44. The lowest BCUT2D eigenvalue weighted by Gasteiger charge is -2.27. The highest BCUT2D eigenvalue weighted by atomic mass is 32.2. The van der Waals surface area contributed by atoms with E-state index in [-0.39, 0.29) is 12.0 Å². The fraction of sp³-hybridized carbons (Fsp3) is 0.538. The zero-order valence-electron chi connectivity index (χ0n) is 11.4. The van der Waals surface area contributed by atoms with Crippen molar-refractivity contribution < 1.29 is 18.3 Å². The average Bonchev–Trinajstić information content (AvgIpc) is 3.04. The summed E-state index contributed by atoms with van der Waals surface area (Å²) in [6.45, 7) is 0. The third-order valence-corrected chi connectivity index (χ3v) is 6.38. The zero-order valence-corrected chi connectivity index (χ0v) is 12.2. The quantitative estimate of drug-likeness (QED) is 0.790. The first-order valence-electron chi connectivity index (χ1n) is 6.92. The summed E-state index contributed by atoms with van der Waals surface area (Å²) < 4.78 is 26.6. The number of carbonyl (C=O) groups is 1. The number of carboxylic acid groups (broad SMARTS) is 1. The minimum absolute atomic E-state index is 0.174. The maximum absolute atomic E-state index is 12.7. The van der Waals surface area contributed by atoms with Crippen LogP contribution in [-0.4, -0.2) is 41.1 Å². The van der Waals surface area contributed by atoms with E-state index < -0.39 is 27.5 Å². The molecular weight excluding hydrogens is 294 g/mol. The fourth-order valence-electron chi connectivity index (χ4n) is 3.04. The summed E-state index contributed by atoms with van der Waals surface area (Å²) in [6, 6.07) is 0. The van der Waals surface area contributed by atoms with E-state index in [1.54, 1.807) is 6.08 Å². The molecule has 2 aliphatic carbocycles. The van der Waals surface area contributed by atoms with Gasteiger partial charge in [0.15, 0.2) is 6.29 Å². The van der Waals surface area contributed by atoms with Crippen LogP contribution in [0.1, 0.15) is 32.1 Å². The molecule has 3 aliphatic rings. The molecule has 0 saturated heterocycles. The van der Waals surface area contributed by atoms with Gasteiger partial charge < -0.3 is 5.11 Å². The molecule has 1 atom stereocenters. The van der Waals surface area contributed by atoms with Gasteiger partial charge in [0, 0.05) is 5.57 Å². The Hall–Kier alpha value is -1.67. The largest absolute Gasteiger partial charge is 0.478 e. The highest BCUT2D eigenvalue weighted by molar-refractivity contribution is 7.89. The molecule has 0 bridgehead atoms. The van der Waals surface area contributed by atoms with Crippen molar-refractivity contribution in [3.05, 3.63) is 23.4 Å². The first-order valence-corrected chi connectivity index (χ1v) is 8.42. The average molecular weight is 311 g/mol. The number of fused-ring (bicyclic) bond motifs is 1. The molecule has 1 fully saturated rings. The van der Waals surface area contributed by atoms with Crippen molar-refractivity contribution >= 4 is 21.7 Å². The lowest BCUT2D eigenvalue weighted by molar-refractivity contribution is -0.132. The van der Waals surface area contributed by atoms with E-state index in [4.69, 9.17) is 10.8 Å². The summed E-state index contributed by atoms with van der Waals surface area (Å²) >= 11 is 0. The number of aliphatic imine (C=N–C) groups is 1. The molecule has 0 amide bonds. The van der Waals surface area contributed by atoms with Gasteiger partial charge in [-0.15, -0.1) is 0 Å². The molecule has 0 radical (unpaired) electrons. The standard InChI is InChI=1S/C13H17N3O4S/c14-13-15-10-7-8(12(17)18)5-6-11(10)16(13)21(19,20)9-3-1-2-4-9/h6-7,9,13H,1-5,14H2,(H,17,18). The highest BCUT2D eigenvalue weighted by Gasteiger charge is 2.42. The summed E-state index contributed by atoms with van der Waals surface area (Å²) in [5, 5.41) is 8.59. The van der Waals surface area contributed by atoms with E-state index >= 15 is 0 Å². The van der Waals surface area contributed by atoms with Crippen molar-refractivity contribution in [1.82, 2.24) is 4.31 Å². The van der Waals surface area contributed by atoms with E-state index in [0.717, 1.165) is 17.1 Å². The maximum atomic E-state index is 12.7. The van der Waals surface area contributed by atoms with Gasteiger partial charge in [0.25, 0.3) is 0 Å². The summed E-state index contributed by atoms with van der Waals surface area (Å²) in [7, 11) is -3.55. The van der Waals surface area contributed by atoms with Gasteiger partial charge in [-0.05, 0) is 25.3 Å². The maximum Gasteiger partial charge on any atom is 0.331 e. The molecule has 0 aromatic carbocycles. The third kappa shape index (κ3) is 2.28. The van der Waals surface area contributed by atoms with Gasteiger partial charge >= 0.3 is 5.97 Å². The van der Waals surface area contributed by atoms with Gasteiger partial charge in [-0.1, -0.05) is 18.9 Å². The second-order valence-corrected chi connectivity index (χ2v) is 7.53. The van der Waals surface area contributed by atoms with E-state index in [1.165, 1.54) is 6.08 Å². The van der Waals surface area contributed by atoms with E-state index in [0.29, 0.717) is 24.3 Å². The predicted molar refractivity (Wildman–Crippen MR) is 76.8 cm³/mol. The topological polar surface area (TPSA) is 113 Å². The summed E-state index contributed by atoms with van der Waals surface area (Å²) in [5.41, 5.74) is 6.80. The number of aliphatic carboxylic acids is 1. The Morgan fingerprint density at radius 3 is 2.67 bits per heavy atom. The minimum Gasteiger partial charge on any atom is -0.478 e. The first-order chi connectivity index (χ1) is 9.91. The number of nitrogens with two attached hydrogens (primary N) is 1. The smallest absolute Gasteiger partial charge is 0.331 e. The van der Waals surface area contributed by atoms with Gasteiger partial charge in [-0.25, -0.2) is 22.5 Å². The number of hydrogen-bond donors (Lipinski definition) is 2. The molecule has 0 aromatic heterocycles. The Labute approximate surface area is 122 Å². The monoisotopic (exact) mass is 311 g/mol. The van der Waals surface area contributed by atoms with Crippen molar-refractivity contribution in [3.63, 3.8) is 0 Å². The Morgan fingerprint density at radius 2 is 2.05 bits per heavy atom. The molecular formula is C13H17N3O4S. The minimum atomic E-state index is -3.55. The molecule has 114 valence electrons. The van der Waals surface area contributed by atoms with Crippen LogP contribution in [0, 0.1) is 0 Å². The van der Waals surface area contributed by atoms with Crippen LogP contribution in [0.5, 0.6) is 0 Å². The lowest BCUT2D eigenvalue weighted by Crippen LogP contribution is -2.45. The predicted octanol–water partition coefficient (Wildman–Crippen LogP) is 0.556. The number of sulfonamides is 1. The highest BCUT2D eigenvalue weighted by Crippen LogP contribution is 2.34. The number of allylic oxidation sites excluding steroid dienone is 2. The van der Waals surface area contributed by atoms with Crippen LogP contribution in [0.4, 0.5) is 0 Å². The van der Waals surface area contributed by atoms with Crippen molar-refractivity contribution in [2.75, 3.05) is 0 Å². The molecule has 7 nitrogen and oxygen atoms in total. The molecule has 3 N–H and O–H groups in total. The Morgan fingerprint density at radius 1 is 1.38 bits per heavy atom. The number of rotatable bonds is 3. The fourth-order valence-corrected chi connectivity index (χ4v) is 5.08. The van der Waals surface area contributed by atoms with Gasteiger partial charge in [-0.2, -0.15) is 0 Å². The SMILES string of the molecule is NC1N=C2C=C(C(=O)O)CC=C2N1S(=O)(=O)C1CCCC1. The van der Waals surface area contributed by atoms with Gasteiger partial charge in [-0.3, -0.25) is 5.73 Å². The summed E-state index contributed by atoms with van der Waals surface area (Å²) in [5.74, 6) is -1.03. The molecule has 21 heavy (non-hydrogen) atoms. The molecule has 0 aromatic rings. The van der Waals surface area contributed by atoms with Crippen molar-refractivity contribution in [3.8, 4) is 0 Å². The van der Waals surface area contributed by atoms with Crippen LogP contribution >= 0.6 is 0 Å². The van der Waals surface area contributed by atoms with Crippen LogP contribution in [0.3, 0.4) is 0 Å². The Kier molecular flexibility index (Phi) is 3.37. The lowest BCUT2D eigenvalue weighted by atomic mass is 10.0. The number of nitrogens with zero attached hydrogens (tertiary/aromatic N) is 2. The third-order valence-electron chi connectivity index (χ3n) is 4.11. The molecule has 1 heterocycles. The van der Waals surface area contributed by atoms with E-state index in [2.05, 4.69) is 4.99 Å². The van der Waals surface area contributed by atoms with E-state index in [9.17, 15) is 13.2 Å². The van der Waals surface area contributed by atoms with Crippen molar-refractivity contribution in [1.29, 1.82) is 0 Å². The second kappa shape index (κ2) is 4.96. The van der Waals surface area contributed by atoms with Gasteiger partial charge in [0.05, 0.1) is 16.7 Å². The number of carboxylic acids is 1. The zero-order chi connectivity index (χ0) is 15.2.